The molecule has 0 bridgehead atoms. The third-order valence-electron chi connectivity index (χ3n) is 4.63. The van der Waals surface area contributed by atoms with Crippen molar-refractivity contribution in [2.24, 2.45) is 0 Å². The molecule has 2 rings (SSSR count). The average Bonchev–Trinajstić information content (AvgIpc) is 2.44. The Morgan fingerprint density at radius 2 is 2.10 bits per heavy atom. The molecule has 2 N–H and O–H groups in total. The minimum Gasteiger partial charge on any atom is -0.395 e. The van der Waals surface area contributed by atoms with Crippen molar-refractivity contribution < 1.29 is 5.11 Å². The first-order valence-electron chi connectivity index (χ1n) is 7.48. The second-order valence-corrected chi connectivity index (χ2v) is 7.55. The van der Waals surface area contributed by atoms with Crippen LogP contribution in [0.4, 0.5) is 0 Å². The molecule has 2 nitrogen and oxygen atoms in total. The molecule has 1 aliphatic carbocycles. The van der Waals surface area contributed by atoms with E-state index in [0.29, 0.717) is 12.1 Å². The van der Waals surface area contributed by atoms with Gasteiger partial charge < -0.3 is 10.4 Å². The van der Waals surface area contributed by atoms with Gasteiger partial charge in [-0.05, 0) is 42.6 Å². The second-order valence-electron chi connectivity index (χ2n) is 6.47. The molecule has 1 aliphatic rings. The summed E-state index contributed by atoms with van der Waals surface area (Å²) in [6.07, 6.45) is 4.44. The van der Waals surface area contributed by atoms with Crippen LogP contribution in [0, 0.1) is 0 Å². The number of benzene rings is 1. The molecular weight excluding hydrogens is 266 g/mol. The standard InChI is InChI=1S/C17H27NOS/c1-12(16(11-19)20-4)18-15-9-10-17(2,3)14-8-6-5-7-13(14)15/h5-8,12,15-16,18-19H,9-11H2,1-4H3. The van der Waals surface area contributed by atoms with Gasteiger partial charge in [0, 0.05) is 17.3 Å². The third kappa shape index (κ3) is 3.21. The van der Waals surface area contributed by atoms with E-state index in [1.807, 2.05) is 0 Å². The molecule has 0 aliphatic heterocycles. The van der Waals surface area contributed by atoms with Gasteiger partial charge in [0.25, 0.3) is 0 Å². The summed E-state index contributed by atoms with van der Waals surface area (Å²) in [5, 5.41) is 13.4. The Bertz CT molecular complexity index is 442. The minimum atomic E-state index is 0.231. The van der Waals surface area contributed by atoms with Crippen LogP contribution in [-0.2, 0) is 5.41 Å². The maximum Gasteiger partial charge on any atom is 0.0564 e. The van der Waals surface area contributed by atoms with Crippen LogP contribution >= 0.6 is 11.8 Å². The van der Waals surface area contributed by atoms with Gasteiger partial charge in [0.15, 0.2) is 0 Å². The molecule has 0 fully saturated rings. The van der Waals surface area contributed by atoms with Crippen molar-refractivity contribution in [2.75, 3.05) is 12.9 Å². The molecule has 0 spiro atoms. The second kappa shape index (κ2) is 6.50. The Hall–Kier alpha value is -0.510. The van der Waals surface area contributed by atoms with Gasteiger partial charge in [0.05, 0.1) is 6.61 Å². The van der Waals surface area contributed by atoms with E-state index in [9.17, 15) is 5.11 Å². The molecule has 112 valence electrons. The SMILES string of the molecule is CSC(CO)C(C)NC1CCC(C)(C)c2ccccc21. The van der Waals surface area contributed by atoms with Crippen molar-refractivity contribution in [3.05, 3.63) is 35.4 Å². The van der Waals surface area contributed by atoms with E-state index in [2.05, 4.69) is 56.6 Å². The van der Waals surface area contributed by atoms with Crippen molar-refractivity contribution in [1.82, 2.24) is 5.32 Å². The Labute approximate surface area is 127 Å². The molecule has 20 heavy (non-hydrogen) atoms. The molecule has 3 unspecified atom stereocenters. The zero-order valence-corrected chi connectivity index (χ0v) is 13.8. The van der Waals surface area contributed by atoms with Gasteiger partial charge in [0.2, 0.25) is 0 Å². The summed E-state index contributed by atoms with van der Waals surface area (Å²) in [5.74, 6) is 0. The first-order chi connectivity index (χ1) is 9.49. The first-order valence-corrected chi connectivity index (χ1v) is 8.77. The first kappa shape index (κ1) is 15.9. The topological polar surface area (TPSA) is 32.3 Å². The largest absolute Gasteiger partial charge is 0.395 e. The minimum absolute atomic E-state index is 0.231. The fourth-order valence-corrected chi connectivity index (χ4v) is 3.88. The highest BCUT2D eigenvalue weighted by molar-refractivity contribution is 7.99. The zero-order chi connectivity index (χ0) is 14.8. The summed E-state index contributed by atoms with van der Waals surface area (Å²) in [5.41, 5.74) is 3.18. The number of rotatable bonds is 5. The lowest BCUT2D eigenvalue weighted by molar-refractivity contribution is 0.262. The van der Waals surface area contributed by atoms with Gasteiger partial charge in [-0.3, -0.25) is 0 Å². The molecule has 3 heteroatoms. The normalized spacial score (nSPS) is 23.9. The number of hydrogen-bond donors (Lipinski definition) is 2. The number of aliphatic hydroxyl groups is 1. The monoisotopic (exact) mass is 293 g/mol. The number of aliphatic hydroxyl groups excluding tert-OH is 1. The van der Waals surface area contributed by atoms with Crippen LogP contribution in [0.1, 0.15) is 50.8 Å². The van der Waals surface area contributed by atoms with Crippen LogP contribution < -0.4 is 5.32 Å². The predicted molar refractivity (Wildman–Crippen MR) is 88.4 cm³/mol. The summed E-state index contributed by atoms with van der Waals surface area (Å²) < 4.78 is 0. The highest BCUT2D eigenvalue weighted by Crippen LogP contribution is 2.41. The Morgan fingerprint density at radius 1 is 1.40 bits per heavy atom. The Kier molecular flexibility index (Phi) is 5.16. The molecule has 1 aromatic rings. The van der Waals surface area contributed by atoms with Gasteiger partial charge >= 0.3 is 0 Å². The maximum atomic E-state index is 9.44. The van der Waals surface area contributed by atoms with E-state index in [0.717, 1.165) is 0 Å². The molecule has 0 amide bonds. The number of nitrogens with one attached hydrogen (secondary N) is 1. The highest BCUT2D eigenvalue weighted by atomic mass is 32.2. The van der Waals surface area contributed by atoms with E-state index < -0.39 is 0 Å². The van der Waals surface area contributed by atoms with Crippen molar-refractivity contribution >= 4 is 11.8 Å². The van der Waals surface area contributed by atoms with E-state index in [4.69, 9.17) is 0 Å². The van der Waals surface area contributed by atoms with Gasteiger partial charge in [-0.1, -0.05) is 38.1 Å². The lowest BCUT2D eigenvalue weighted by Gasteiger charge is -2.39. The van der Waals surface area contributed by atoms with Crippen LogP contribution in [0.3, 0.4) is 0 Å². The van der Waals surface area contributed by atoms with Gasteiger partial charge in [-0.25, -0.2) is 0 Å². The van der Waals surface area contributed by atoms with Crippen molar-refractivity contribution in [3.8, 4) is 0 Å². The third-order valence-corrected chi connectivity index (χ3v) is 5.79. The summed E-state index contributed by atoms with van der Waals surface area (Å²) in [6.45, 7) is 7.09. The highest BCUT2D eigenvalue weighted by Gasteiger charge is 2.33. The van der Waals surface area contributed by atoms with Crippen LogP contribution in [0.2, 0.25) is 0 Å². The molecule has 0 saturated heterocycles. The Morgan fingerprint density at radius 3 is 2.75 bits per heavy atom. The fraction of sp³-hybridized carbons (Fsp3) is 0.647. The quantitative estimate of drug-likeness (QED) is 0.871. The summed E-state index contributed by atoms with van der Waals surface area (Å²) in [4.78, 5) is 0. The Balaban J connectivity index is 2.19. The predicted octanol–water partition coefficient (Wildman–Crippen LogP) is 3.50. The zero-order valence-electron chi connectivity index (χ0n) is 13.0. The molecular formula is C17H27NOS. The lowest BCUT2D eigenvalue weighted by Crippen LogP contribution is -2.42. The van der Waals surface area contributed by atoms with E-state index in [1.54, 1.807) is 11.8 Å². The smallest absolute Gasteiger partial charge is 0.0564 e. The summed E-state index contributed by atoms with van der Waals surface area (Å²) in [6, 6.07) is 9.53. The molecule has 0 radical (unpaired) electrons. The molecule has 0 aromatic heterocycles. The molecule has 0 heterocycles. The maximum absolute atomic E-state index is 9.44. The van der Waals surface area contributed by atoms with Crippen LogP contribution in [0.25, 0.3) is 0 Å². The molecule has 1 aromatic carbocycles. The lowest BCUT2D eigenvalue weighted by atomic mass is 9.71. The van der Waals surface area contributed by atoms with Crippen molar-refractivity contribution in [2.45, 2.75) is 56.4 Å². The van der Waals surface area contributed by atoms with Crippen molar-refractivity contribution in [1.29, 1.82) is 0 Å². The van der Waals surface area contributed by atoms with E-state index >= 15 is 0 Å². The van der Waals surface area contributed by atoms with Crippen molar-refractivity contribution in [3.63, 3.8) is 0 Å². The van der Waals surface area contributed by atoms with E-state index in [-0.39, 0.29) is 17.3 Å². The van der Waals surface area contributed by atoms with Crippen LogP contribution in [0.5, 0.6) is 0 Å². The summed E-state index contributed by atoms with van der Waals surface area (Å²) in [7, 11) is 0. The summed E-state index contributed by atoms with van der Waals surface area (Å²) >= 11 is 1.74. The molecule has 0 saturated carbocycles. The van der Waals surface area contributed by atoms with Gasteiger partial charge in [0.1, 0.15) is 0 Å². The van der Waals surface area contributed by atoms with E-state index in [1.165, 1.54) is 24.0 Å². The average molecular weight is 293 g/mol. The number of fused-ring (bicyclic) bond motifs is 1. The van der Waals surface area contributed by atoms with Crippen LogP contribution in [-0.4, -0.2) is 29.3 Å². The van der Waals surface area contributed by atoms with Crippen LogP contribution in [0.15, 0.2) is 24.3 Å². The van der Waals surface area contributed by atoms with Gasteiger partial charge in [-0.2, -0.15) is 11.8 Å². The van der Waals surface area contributed by atoms with Gasteiger partial charge in [-0.15, -0.1) is 0 Å². The molecule has 3 atom stereocenters. The number of hydrogen-bond acceptors (Lipinski definition) is 3. The fourth-order valence-electron chi connectivity index (χ4n) is 3.25. The number of thioether (sulfide) groups is 1.